The molecule has 0 bridgehead atoms. The van der Waals surface area contributed by atoms with Crippen LogP contribution in [0.3, 0.4) is 0 Å². The summed E-state index contributed by atoms with van der Waals surface area (Å²) in [4.78, 5) is 3.96. The molecule has 0 fully saturated rings. The Morgan fingerprint density at radius 3 is 2.87 bits per heavy atom. The molecule has 4 nitrogen and oxygen atoms in total. The van der Waals surface area contributed by atoms with Gasteiger partial charge in [0.05, 0.1) is 11.3 Å². The van der Waals surface area contributed by atoms with Gasteiger partial charge in [-0.1, -0.05) is 11.6 Å². The first-order valence-corrected chi connectivity index (χ1v) is 4.53. The molecule has 0 aliphatic carbocycles. The van der Waals surface area contributed by atoms with Crippen LogP contribution in [-0.2, 0) is 0 Å². The van der Waals surface area contributed by atoms with Gasteiger partial charge in [0.1, 0.15) is 6.07 Å². The summed E-state index contributed by atoms with van der Waals surface area (Å²) in [5.74, 6) is 0. The highest BCUT2D eigenvalue weighted by Crippen LogP contribution is 2.18. The van der Waals surface area contributed by atoms with E-state index in [-0.39, 0.29) is 5.15 Å². The smallest absolute Gasteiger partial charge is 0.169 e. The van der Waals surface area contributed by atoms with Gasteiger partial charge in [-0.05, 0) is 18.2 Å². The molecule has 2 heterocycles. The molecule has 2 aromatic heterocycles. The van der Waals surface area contributed by atoms with Crippen LogP contribution in [0, 0.1) is 11.3 Å². The quantitative estimate of drug-likeness (QED) is 0.732. The molecule has 2 aromatic rings. The maximum atomic E-state index is 8.77. The molecule has 0 radical (unpaired) electrons. The van der Waals surface area contributed by atoms with Gasteiger partial charge in [-0.3, -0.25) is 4.98 Å². The summed E-state index contributed by atoms with van der Waals surface area (Å²) in [7, 11) is 0. The van der Waals surface area contributed by atoms with Gasteiger partial charge in [-0.2, -0.15) is 5.26 Å². The number of hydrogen-bond acceptors (Lipinski definition) is 4. The van der Waals surface area contributed by atoms with E-state index < -0.39 is 0 Å². The SMILES string of the molecule is N#Cc1cc(-c2cccnc2)nnc1Cl. The first-order chi connectivity index (χ1) is 7.31. The summed E-state index contributed by atoms with van der Waals surface area (Å²) >= 11 is 5.67. The fraction of sp³-hybridized carbons (Fsp3) is 0. The predicted molar refractivity (Wildman–Crippen MR) is 55.0 cm³/mol. The van der Waals surface area contributed by atoms with Crippen molar-refractivity contribution < 1.29 is 0 Å². The maximum Gasteiger partial charge on any atom is 0.169 e. The highest BCUT2D eigenvalue weighted by Gasteiger charge is 2.05. The maximum absolute atomic E-state index is 8.77. The summed E-state index contributed by atoms with van der Waals surface area (Å²) in [6.45, 7) is 0. The first kappa shape index (κ1) is 9.56. The largest absolute Gasteiger partial charge is 0.264 e. The number of halogens is 1. The molecule has 0 aliphatic rings. The molecular formula is C10H5ClN4. The Morgan fingerprint density at radius 2 is 2.20 bits per heavy atom. The molecule has 5 heteroatoms. The summed E-state index contributed by atoms with van der Waals surface area (Å²) in [6.07, 6.45) is 3.32. The summed E-state index contributed by atoms with van der Waals surface area (Å²) in [5.41, 5.74) is 1.70. The highest BCUT2D eigenvalue weighted by atomic mass is 35.5. The highest BCUT2D eigenvalue weighted by molar-refractivity contribution is 6.30. The van der Waals surface area contributed by atoms with Gasteiger partial charge in [-0.15, -0.1) is 10.2 Å². The normalized spacial score (nSPS) is 9.60. The number of rotatable bonds is 1. The third-order valence-electron chi connectivity index (χ3n) is 1.83. The molecule has 0 saturated heterocycles. The van der Waals surface area contributed by atoms with E-state index in [1.807, 2.05) is 12.1 Å². The molecule has 0 amide bonds. The Bertz CT molecular complexity index is 519. The van der Waals surface area contributed by atoms with Crippen LogP contribution in [0.25, 0.3) is 11.3 Å². The second kappa shape index (κ2) is 4.03. The zero-order valence-corrected chi connectivity index (χ0v) is 8.31. The molecule has 0 unspecified atom stereocenters. The monoisotopic (exact) mass is 216 g/mol. The number of nitrogens with zero attached hydrogens (tertiary/aromatic N) is 4. The molecule has 0 atom stereocenters. The van der Waals surface area contributed by atoms with Crippen molar-refractivity contribution in [2.24, 2.45) is 0 Å². The molecular weight excluding hydrogens is 212 g/mol. The second-order valence-corrected chi connectivity index (χ2v) is 3.15. The number of hydrogen-bond donors (Lipinski definition) is 0. The van der Waals surface area contributed by atoms with E-state index in [2.05, 4.69) is 15.2 Å². The molecule has 2 rings (SSSR count). The van der Waals surface area contributed by atoms with Crippen LogP contribution in [-0.4, -0.2) is 15.2 Å². The van der Waals surface area contributed by atoms with Crippen molar-refractivity contribution in [3.05, 3.63) is 41.3 Å². The van der Waals surface area contributed by atoms with Gasteiger partial charge in [-0.25, -0.2) is 0 Å². The zero-order valence-electron chi connectivity index (χ0n) is 7.55. The van der Waals surface area contributed by atoms with E-state index in [9.17, 15) is 0 Å². The van der Waals surface area contributed by atoms with Crippen molar-refractivity contribution in [3.8, 4) is 17.3 Å². The fourth-order valence-electron chi connectivity index (χ4n) is 1.11. The van der Waals surface area contributed by atoms with Crippen molar-refractivity contribution >= 4 is 11.6 Å². The lowest BCUT2D eigenvalue weighted by molar-refractivity contribution is 1.03. The lowest BCUT2D eigenvalue weighted by Crippen LogP contribution is -1.91. The van der Waals surface area contributed by atoms with Crippen LogP contribution in [0.5, 0.6) is 0 Å². The van der Waals surface area contributed by atoms with Crippen LogP contribution >= 0.6 is 11.6 Å². The van der Waals surface area contributed by atoms with Crippen LogP contribution in [0.4, 0.5) is 0 Å². The summed E-state index contributed by atoms with van der Waals surface area (Å²) in [5, 5.41) is 16.5. The minimum Gasteiger partial charge on any atom is -0.264 e. The Morgan fingerprint density at radius 1 is 1.33 bits per heavy atom. The summed E-state index contributed by atoms with van der Waals surface area (Å²) < 4.78 is 0. The standard InChI is InChI=1S/C10H5ClN4/c11-10-8(5-12)4-9(14-15-10)7-2-1-3-13-6-7/h1-4,6H. The second-order valence-electron chi connectivity index (χ2n) is 2.79. The van der Waals surface area contributed by atoms with Crippen molar-refractivity contribution in [2.75, 3.05) is 0 Å². The molecule has 0 saturated carbocycles. The Labute approximate surface area is 91.2 Å². The molecule has 15 heavy (non-hydrogen) atoms. The molecule has 72 valence electrons. The number of nitriles is 1. The lowest BCUT2D eigenvalue weighted by atomic mass is 10.2. The van der Waals surface area contributed by atoms with Gasteiger partial charge >= 0.3 is 0 Å². The summed E-state index contributed by atoms with van der Waals surface area (Å²) in [6, 6.07) is 7.17. The zero-order chi connectivity index (χ0) is 10.7. The fourth-order valence-corrected chi connectivity index (χ4v) is 1.25. The number of pyridine rings is 1. The van der Waals surface area contributed by atoms with E-state index in [1.54, 1.807) is 24.5 Å². The van der Waals surface area contributed by atoms with Crippen molar-refractivity contribution in [1.82, 2.24) is 15.2 Å². The van der Waals surface area contributed by atoms with Crippen LogP contribution in [0.1, 0.15) is 5.56 Å². The minimum absolute atomic E-state index is 0.116. The third kappa shape index (κ3) is 1.92. The van der Waals surface area contributed by atoms with Gasteiger partial charge in [0.25, 0.3) is 0 Å². The van der Waals surface area contributed by atoms with E-state index >= 15 is 0 Å². The van der Waals surface area contributed by atoms with Crippen molar-refractivity contribution in [1.29, 1.82) is 5.26 Å². The molecule has 0 spiro atoms. The topological polar surface area (TPSA) is 62.5 Å². The van der Waals surface area contributed by atoms with Crippen molar-refractivity contribution in [3.63, 3.8) is 0 Å². The van der Waals surface area contributed by atoms with E-state index in [4.69, 9.17) is 16.9 Å². The van der Waals surface area contributed by atoms with Gasteiger partial charge in [0.15, 0.2) is 5.15 Å². The van der Waals surface area contributed by atoms with Crippen LogP contribution < -0.4 is 0 Å². The van der Waals surface area contributed by atoms with Gasteiger partial charge in [0, 0.05) is 18.0 Å². The third-order valence-corrected chi connectivity index (χ3v) is 2.11. The number of aromatic nitrogens is 3. The Balaban J connectivity index is 2.52. The van der Waals surface area contributed by atoms with Crippen LogP contribution in [0.15, 0.2) is 30.6 Å². The van der Waals surface area contributed by atoms with E-state index in [0.29, 0.717) is 11.3 Å². The average molecular weight is 217 g/mol. The first-order valence-electron chi connectivity index (χ1n) is 4.15. The molecule has 0 N–H and O–H groups in total. The Kier molecular flexibility index (Phi) is 2.57. The predicted octanol–water partition coefficient (Wildman–Crippen LogP) is 2.06. The van der Waals surface area contributed by atoms with E-state index in [1.165, 1.54) is 0 Å². The Hall–Kier alpha value is -1.99. The van der Waals surface area contributed by atoms with E-state index in [0.717, 1.165) is 5.56 Å². The van der Waals surface area contributed by atoms with Gasteiger partial charge < -0.3 is 0 Å². The van der Waals surface area contributed by atoms with Crippen molar-refractivity contribution in [2.45, 2.75) is 0 Å². The minimum atomic E-state index is 0.116. The lowest BCUT2D eigenvalue weighted by Gasteiger charge is -1.99. The van der Waals surface area contributed by atoms with Gasteiger partial charge in [0.2, 0.25) is 0 Å². The average Bonchev–Trinajstić information content (AvgIpc) is 2.31. The van der Waals surface area contributed by atoms with Crippen LogP contribution in [0.2, 0.25) is 5.15 Å². The molecule has 0 aromatic carbocycles. The molecule has 0 aliphatic heterocycles.